The Bertz CT molecular complexity index is 170. The molecular weight excluding hydrogens is 128 g/mol. The first-order chi connectivity index (χ1) is 4.72. The minimum atomic E-state index is -0.0695. The molecule has 0 bridgehead atoms. The number of carbonyl (C=O) groups is 1. The monoisotopic (exact) mass is 140 g/mol. The van der Waals surface area contributed by atoms with E-state index in [1.807, 2.05) is 0 Å². The van der Waals surface area contributed by atoms with Gasteiger partial charge in [-0.1, -0.05) is 0 Å². The molecular formula is C7H12N2O. The maximum absolute atomic E-state index is 10.8. The molecule has 56 valence electrons. The van der Waals surface area contributed by atoms with Crippen LogP contribution in [0.15, 0.2) is 16.6 Å². The van der Waals surface area contributed by atoms with Gasteiger partial charge in [0.2, 0.25) is 5.91 Å². The molecule has 0 unspecified atom stereocenters. The number of amides is 1. The van der Waals surface area contributed by atoms with E-state index in [-0.39, 0.29) is 5.91 Å². The van der Waals surface area contributed by atoms with Crippen LogP contribution in [0.3, 0.4) is 0 Å². The predicted molar refractivity (Wildman–Crippen MR) is 42.2 cm³/mol. The summed E-state index contributed by atoms with van der Waals surface area (Å²) in [4.78, 5) is 14.5. The van der Waals surface area contributed by atoms with E-state index < -0.39 is 0 Å². The van der Waals surface area contributed by atoms with Gasteiger partial charge in [0, 0.05) is 25.9 Å². The van der Waals surface area contributed by atoms with Crippen LogP contribution in [0.2, 0.25) is 0 Å². The zero-order valence-electron chi connectivity index (χ0n) is 6.51. The Balaban J connectivity index is 4.05. The van der Waals surface area contributed by atoms with Crippen molar-refractivity contribution in [3.8, 4) is 0 Å². The van der Waals surface area contributed by atoms with E-state index in [0.717, 1.165) is 0 Å². The number of hydrogen-bond acceptors (Lipinski definition) is 2. The minimum Gasteiger partial charge on any atom is -0.355 e. The summed E-state index contributed by atoms with van der Waals surface area (Å²) in [5, 5.41) is 2.50. The van der Waals surface area contributed by atoms with Gasteiger partial charge in [-0.3, -0.25) is 9.79 Å². The van der Waals surface area contributed by atoms with Crippen molar-refractivity contribution >= 4 is 12.1 Å². The average molecular weight is 140 g/mol. The van der Waals surface area contributed by atoms with Crippen molar-refractivity contribution in [2.45, 2.75) is 6.92 Å². The van der Waals surface area contributed by atoms with Crippen molar-refractivity contribution in [3.63, 3.8) is 0 Å². The number of likely N-dealkylation sites (N-methyl/N-ethyl adjacent to an activating group) is 1. The fraction of sp³-hybridized carbons (Fsp3) is 0.429. The van der Waals surface area contributed by atoms with Crippen LogP contribution in [0.1, 0.15) is 6.92 Å². The second-order valence-corrected chi connectivity index (χ2v) is 1.84. The largest absolute Gasteiger partial charge is 0.355 e. The molecule has 3 heteroatoms. The number of rotatable bonds is 2. The molecule has 0 rings (SSSR count). The van der Waals surface area contributed by atoms with Crippen molar-refractivity contribution in [2.24, 2.45) is 4.99 Å². The lowest BCUT2D eigenvalue weighted by Gasteiger charge is -1.94. The third-order valence-corrected chi connectivity index (χ3v) is 1.06. The van der Waals surface area contributed by atoms with Crippen molar-refractivity contribution in [1.29, 1.82) is 0 Å². The molecule has 0 radical (unpaired) electrons. The molecule has 1 amide bonds. The van der Waals surface area contributed by atoms with Gasteiger partial charge >= 0.3 is 0 Å². The topological polar surface area (TPSA) is 41.5 Å². The fourth-order valence-corrected chi connectivity index (χ4v) is 0.459. The molecule has 0 aromatic heterocycles. The van der Waals surface area contributed by atoms with Gasteiger partial charge in [-0.15, -0.1) is 0 Å². The molecule has 1 N–H and O–H groups in total. The molecule has 0 aromatic rings. The van der Waals surface area contributed by atoms with Crippen LogP contribution in [0.4, 0.5) is 0 Å². The van der Waals surface area contributed by atoms with Gasteiger partial charge in [0.05, 0.1) is 0 Å². The lowest BCUT2D eigenvalue weighted by atomic mass is 10.3. The highest BCUT2D eigenvalue weighted by molar-refractivity contribution is 5.96. The fourth-order valence-electron chi connectivity index (χ4n) is 0.459. The van der Waals surface area contributed by atoms with Crippen LogP contribution in [-0.4, -0.2) is 26.2 Å². The van der Waals surface area contributed by atoms with Crippen LogP contribution < -0.4 is 5.32 Å². The first-order valence-electron chi connectivity index (χ1n) is 3.03. The van der Waals surface area contributed by atoms with Crippen LogP contribution in [0, 0.1) is 0 Å². The molecule has 0 fully saturated rings. The summed E-state index contributed by atoms with van der Waals surface area (Å²) in [7, 11) is 3.26. The third kappa shape index (κ3) is 3.02. The summed E-state index contributed by atoms with van der Waals surface area (Å²) >= 11 is 0. The summed E-state index contributed by atoms with van der Waals surface area (Å²) in [6.45, 7) is 1.74. The van der Waals surface area contributed by atoms with Crippen molar-refractivity contribution in [3.05, 3.63) is 11.6 Å². The molecule has 0 aliphatic carbocycles. The Hall–Kier alpha value is -1.12. The first-order valence-corrected chi connectivity index (χ1v) is 3.03. The Morgan fingerprint density at radius 2 is 2.20 bits per heavy atom. The molecule has 0 saturated carbocycles. The van der Waals surface area contributed by atoms with Gasteiger partial charge in [-0.05, 0) is 13.0 Å². The maximum atomic E-state index is 10.8. The summed E-state index contributed by atoms with van der Waals surface area (Å²) < 4.78 is 0. The first kappa shape index (κ1) is 8.88. The van der Waals surface area contributed by atoms with Gasteiger partial charge in [0.15, 0.2) is 0 Å². The number of allylic oxidation sites excluding steroid dienone is 1. The van der Waals surface area contributed by atoms with E-state index in [1.165, 1.54) is 0 Å². The number of nitrogens with zero attached hydrogens (tertiary/aromatic N) is 1. The summed E-state index contributed by atoms with van der Waals surface area (Å²) in [6, 6.07) is 0. The lowest BCUT2D eigenvalue weighted by molar-refractivity contribution is -0.116. The quantitative estimate of drug-likeness (QED) is 0.437. The second kappa shape index (κ2) is 4.73. The molecule has 10 heavy (non-hydrogen) atoms. The smallest absolute Gasteiger partial charge is 0.246 e. The van der Waals surface area contributed by atoms with Crippen LogP contribution in [0.5, 0.6) is 0 Å². The Morgan fingerprint density at radius 1 is 1.60 bits per heavy atom. The average Bonchev–Trinajstić information content (AvgIpc) is 1.98. The molecule has 0 atom stereocenters. The van der Waals surface area contributed by atoms with Crippen molar-refractivity contribution in [2.75, 3.05) is 14.1 Å². The van der Waals surface area contributed by atoms with Gasteiger partial charge in [-0.25, -0.2) is 0 Å². The summed E-state index contributed by atoms with van der Waals surface area (Å²) in [5.74, 6) is -0.0695. The van der Waals surface area contributed by atoms with Gasteiger partial charge in [0.1, 0.15) is 0 Å². The summed E-state index contributed by atoms with van der Waals surface area (Å²) in [6.07, 6.45) is 3.25. The van der Waals surface area contributed by atoms with Crippen LogP contribution >= 0.6 is 0 Å². The van der Waals surface area contributed by atoms with E-state index in [9.17, 15) is 4.79 Å². The van der Waals surface area contributed by atoms with Crippen LogP contribution in [-0.2, 0) is 4.79 Å². The zero-order valence-corrected chi connectivity index (χ0v) is 6.51. The Morgan fingerprint density at radius 3 is 2.60 bits per heavy atom. The number of aliphatic imine (C=N–C) groups is 1. The van der Waals surface area contributed by atoms with E-state index in [2.05, 4.69) is 10.3 Å². The molecule has 0 saturated heterocycles. The third-order valence-electron chi connectivity index (χ3n) is 1.06. The Kier molecular flexibility index (Phi) is 4.20. The Labute approximate surface area is 60.8 Å². The maximum Gasteiger partial charge on any atom is 0.246 e. The second-order valence-electron chi connectivity index (χ2n) is 1.84. The van der Waals surface area contributed by atoms with Crippen molar-refractivity contribution < 1.29 is 4.79 Å². The predicted octanol–water partition coefficient (Wildman–Crippen LogP) is 0.379. The standard InChI is InChI=1S/C7H12N2O/c1-6(4-5-8-2)7(10)9-3/h4-5H,1-3H3,(H,9,10)/b6-4+,8-5?. The zero-order chi connectivity index (χ0) is 7.98. The highest BCUT2D eigenvalue weighted by atomic mass is 16.1. The SMILES string of the molecule is CN=C/C=C(\C)C(=O)NC. The normalized spacial score (nSPS) is 12.1. The highest BCUT2D eigenvalue weighted by Crippen LogP contribution is 1.88. The van der Waals surface area contributed by atoms with E-state index in [1.54, 1.807) is 33.3 Å². The number of carbonyl (C=O) groups excluding carboxylic acids is 1. The van der Waals surface area contributed by atoms with Crippen molar-refractivity contribution in [1.82, 2.24) is 5.32 Å². The van der Waals surface area contributed by atoms with E-state index in [0.29, 0.717) is 5.57 Å². The molecule has 3 nitrogen and oxygen atoms in total. The van der Waals surface area contributed by atoms with E-state index >= 15 is 0 Å². The van der Waals surface area contributed by atoms with Gasteiger partial charge in [0.25, 0.3) is 0 Å². The molecule has 0 aliphatic heterocycles. The molecule has 0 aliphatic rings. The molecule has 0 spiro atoms. The highest BCUT2D eigenvalue weighted by Gasteiger charge is 1.96. The van der Waals surface area contributed by atoms with Crippen LogP contribution in [0.25, 0.3) is 0 Å². The molecule has 0 aromatic carbocycles. The van der Waals surface area contributed by atoms with E-state index in [4.69, 9.17) is 0 Å². The van der Waals surface area contributed by atoms with Gasteiger partial charge in [-0.2, -0.15) is 0 Å². The number of nitrogens with one attached hydrogen (secondary N) is 1. The van der Waals surface area contributed by atoms with Gasteiger partial charge < -0.3 is 5.32 Å². The number of hydrogen-bond donors (Lipinski definition) is 1. The summed E-state index contributed by atoms with van der Waals surface area (Å²) in [5.41, 5.74) is 0.660. The molecule has 0 heterocycles. The minimum absolute atomic E-state index is 0.0695. The lowest BCUT2D eigenvalue weighted by Crippen LogP contribution is -2.18.